The van der Waals surface area contributed by atoms with E-state index in [4.69, 9.17) is 0 Å². The molecule has 3 heterocycles. The van der Waals surface area contributed by atoms with Gasteiger partial charge in [-0.1, -0.05) is 37.1 Å². The summed E-state index contributed by atoms with van der Waals surface area (Å²) in [6.45, 7) is 0.869. The molecule has 1 saturated carbocycles. The molecule has 0 radical (unpaired) electrons. The predicted molar refractivity (Wildman–Crippen MR) is 104 cm³/mol. The number of likely N-dealkylation sites (tertiary alicyclic amines) is 1. The quantitative estimate of drug-likeness (QED) is 0.656. The van der Waals surface area contributed by atoms with Crippen LogP contribution in [0.25, 0.3) is 22.5 Å². The van der Waals surface area contributed by atoms with Crippen molar-refractivity contribution in [3.05, 3.63) is 42.4 Å². The van der Waals surface area contributed by atoms with E-state index in [-0.39, 0.29) is 5.91 Å². The van der Waals surface area contributed by atoms with E-state index in [0.717, 1.165) is 30.2 Å². The molecule has 27 heavy (non-hydrogen) atoms. The van der Waals surface area contributed by atoms with Gasteiger partial charge < -0.3 is 4.90 Å². The summed E-state index contributed by atoms with van der Waals surface area (Å²) >= 11 is 0. The summed E-state index contributed by atoms with van der Waals surface area (Å²) in [5.74, 6) is 1.36. The molecule has 1 aliphatic heterocycles. The zero-order valence-electron chi connectivity index (χ0n) is 15.3. The predicted octanol–water partition coefficient (Wildman–Crippen LogP) is 3.47. The second-order valence-electron chi connectivity index (χ2n) is 7.64. The highest BCUT2D eigenvalue weighted by molar-refractivity contribution is 5.94. The molecule has 0 spiro atoms. The van der Waals surface area contributed by atoms with Crippen LogP contribution in [0, 0.1) is 5.92 Å². The van der Waals surface area contributed by atoms with E-state index in [9.17, 15) is 4.79 Å². The van der Waals surface area contributed by atoms with Crippen molar-refractivity contribution in [3.8, 4) is 0 Å². The van der Waals surface area contributed by atoms with Crippen molar-refractivity contribution in [1.82, 2.24) is 24.7 Å². The van der Waals surface area contributed by atoms with Gasteiger partial charge in [-0.05, 0) is 37.7 Å². The molecule has 3 aromatic rings. The van der Waals surface area contributed by atoms with E-state index >= 15 is 0 Å². The van der Waals surface area contributed by atoms with Crippen LogP contribution in [-0.2, 0) is 4.79 Å². The molecular formula is C21H23N5O. The van der Waals surface area contributed by atoms with Gasteiger partial charge >= 0.3 is 0 Å². The maximum Gasteiger partial charge on any atom is 0.246 e. The number of hydrogen-bond donors (Lipinski definition) is 0. The lowest BCUT2D eigenvalue weighted by Crippen LogP contribution is -2.49. The first-order chi connectivity index (χ1) is 13.3. The van der Waals surface area contributed by atoms with Crippen LogP contribution in [0.4, 0.5) is 0 Å². The van der Waals surface area contributed by atoms with Gasteiger partial charge in [-0.3, -0.25) is 4.79 Å². The smallest absolute Gasteiger partial charge is 0.246 e. The lowest BCUT2D eigenvalue weighted by atomic mass is 9.78. The Bertz CT molecular complexity index is 1020. The van der Waals surface area contributed by atoms with Gasteiger partial charge in [-0.25, -0.2) is 0 Å². The number of nitrogens with zero attached hydrogens (tertiary/aromatic N) is 5. The van der Waals surface area contributed by atoms with Crippen LogP contribution in [-0.4, -0.2) is 43.2 Å². The fraction of sp³-hybridized carbons (Fsp3) is 0.429. The molecule has 138 valence electrons. The first-order valence-electron chi connectivity index (χ1n) is 9.89. The first kappa shape index (κ1) is 16.4. The minimum Gasteiger partial charge on any atom is -0.336 e. The Morgan fingerprint density at radius 3 is 2.89 bits per heavy atom. The number of carbonyl (C=O) groups is 1. The number of amides is 1. The van der Waals surface area contributed by atoms with Gasteiger partial charge in [-0.2, -0.15) is 9.61 Å². The van der Waals surface area contributed by atoms with Crippen molar-refractivity contribution in [2.24, 2.45) is 5.92 Å². The van der Waals surface area contributed by atoms with Crippen molar-refractivity contribution < 1.29 is 4.79 Å². The van der Waals surface area contributed by atoms with E-state index in [1.807, 2.05) is 30.5 Å². The van der Waals surface area contributed by atoms with Gasteiger partial charge in [-0.15, -0.1) is 10.2 Å². The number of rotatable bonds is 2. The first-order valence-corrected chi connectivity index (χ1v) is 9.89. The van der Waals surface area contributed by atoms with E-state index in [1.165, 1.54) is 25.7 Å². The molecule has 2 fully saturated rings. The van der Waals surface area contributed by atoms with Crippen LogP contribution in [0.15, 0.2) is 36.5 Å². The molecule has 2 aromatic heterocycles. The van der Waals surface area contributed by atoms with Crippen molar-refractivity contribution in [2.75, 3.05) is 6.54 Å². The molecule has 0 unspecified atom stereocenters. The summed E-state index contributed by atoms with van der Waals surface area (Å²) in [6, 6.07) is 8.39. The van der Waals surface area contributed by atoms with Crippen LogP contribution in [0.2, 0.25) is 0 Å². The van der Waals surface area contributed by atoms with Gasteiger partial charge in [0.1, 0.15) is 0 Å². The zero-order valence-corrected chi connectivity index (χ0v) is 15.3. The van der Waals surface area contributed by atoms with Crippen LogP contribution in [0.3, 0.4) is 0 Å². The van der Waals surface area contributed by atoms with Crippen molar-refractivity contribution >= 4 is 28.4 Å². The molecule has 6 heteroatoms. The molecule has 2 atom stereocenters. The third kappa shape index (κ3) is 2.89. The van der Waals surface area contributed by atoms with E-state index in [1.54, 1.807) is 16.7 Å². The number of aromatic nitrogens is 4. The summed E-state index contributed by atoms with van der Waals surface area (Å²) < 4.78 is 1.70. The van der Waals surface area contributed by atoms with E-state index in [0.29, 0.717) is 23.4 Å². The lowest BCUT2D eigenvalue weighted by Gasteiger charge is -2.43. The van der Waals surface area contributed by atoms with Gasteiger partial charge in [0.05, 0.1) is 6.20 Å². The average Bonchev–Trinajstić information content (AvgIpc) is 3.15. The topological polar surface area (TPSA) is 63.4 Å². The highest BCUT2D eigenvalue weighted by Gasteiger charge is 2.34. The minimum atomic E-state index is 0.0872. The van der Waals surface area contributed by atoms with Crippen molar-refractivity contribution in [1.29, 1.82) is 0 Å². The Kier molecular flexibility index (Phi) is 4.11. The van der Waals surface area contributed by atoms with Crippen LogP contribution < -0.4 is 0 Å². The Morgan fingerprint density at radius 2 is 1.93 bits per heavy atom. The van der Waals surface area contributed by atoms with Crippen molar-refractivity contribution in [2.45, 2.75) is 44.6 Å². The number of benzene rings is 1. The summed E-state index contributed by atoms with van der Waals surface area (Å²) in [5, 5.41) is 15.0. The number of fused-ring (bicyclic) bond motifs is 4. The maximum absolute atomic E-state index is 12.9. The Balaban J connectivity index is 1.42. The average molecular weight is 361 g/mol. The van der Waals surface area contributed by atoms with Gasteiger partial charge in [0.2, 0.25) is 5.91 Å². The summed E-state index contributed by atoms with van der Waals surface area (Å²) in [7, 11) is 0. The number of piperidine rings is 1. The summed E-state index contributed by atoms with van der Waals surface area (Å²) in [6.07, 6.45) is 12.5. The van der Waals surface area contributed by atoms with E-state index in [2.05, 4.69) is 20.2 Å². The van der Waals surface area contributed by atoms with Gasteiger partial charge in [0.25, 0.3) is 0 Å². The number of hydrogen-bond acceptors (Lipinski definition) is 4. The normalized spacial score (nSPS) is 23.2. The van der Waals surface area contributed by atoms with Crippen LogP contribution in [0.1, 0.15) is 44.3 Å². The highest BCUT2D eigenvalue weighted by Crippen LogP contribution is 2.35. The Hall–Kier alpha value is -2.76. The third-order valence-electron chi connectivity index (χ3n) is 6.08. The fourth-order valence-corrected chi connectivity index (χ4v) is 4.75. The molecule has 1 amide bonds. The molecule has 1 aliphatic carbocycles. The summed E-state index contributed by atoms with van der Waals surface area (Å²) in [5.41, 5.74) is 0.713. The zero-order chi connectivity index (χ0) is 18.2. The lowest BCUT2D eigenvalue weighted by molar-refractivity contribution is -0.132. The maximum atomic E-state index is 12.9. The van der Waals surface area contributed by atoms with Crippen LogP contribution in [0.5, 0.6) is 0 Å². The van der Waals surface area contributed by atoms with Gasteiger partial charge in [0.15, 0.2) is 11.5 Å². The molecule has 2 aliphatic rings. The monoisotopic (exact) mass is 361 g/mol. The molecule has 6 nitrogen and oxygen atoms in total. The second kappa shape index (κ2) is 6.76. The highest BCUT2D eigenvalue weighted by atomic mass is 16.2. The molecular weight excluding hydrogens is 338 g/mol. The summed E-state index contributed by atoms with van der Waals surface area (Å²) in [4.78, 5) is 14.9. The second-order valence-corrected chi connectivity index (χ2v) is 7.64. The molecule has 1 aromatic carbocycles. The Morgan fingerprint density at radius 1 is 1.07 bits per heavy atom. The molecule has 0 N–H and O–H groups in total. The standard InChI is InChI=1S/C21H23N5O/c27-20(25-13-5-8-15-6-2-4-10-18(15)25)12-11-19-23-24-21-17-9-3-1-7-16(17)14-22-26(19)21/h1,3,7,9,11-12,14-15,18H,2,4-6,8,10,13H2/b12-11+/t15-,18+/m0/s1. The SMILES string of the molecule is O=C(/C=C/c1nnc2c3ccccc3cnn12)N1CCC[C@@H]2CCCC[C@H]21. The number of carbonyl (C=O) groups excluding carboxylic acids is 1. The Labute approximate surface area is 157 Å². The minimum absolute atomic E-state index is 0.0872. The van der Waals surface area contributed by atoms with E-state index < -0.39 is 0 Å². The molecule has 1 saturated heterocycles. The van der Waals surface area contributed by atoms with Crippen molar-refractivity contribution in [3.63, 3.8) is 0 Å². The third-order valence-corrected chi connectivity index (χ3v) is 6.08. The fourth-order valence-electron chi connectivity index (χ4n) is 4.75. The van der Waals surface area contributed by atoms with Gasteiger partial charge in [0, 0.05) is 29.4 Å². The molecule has 5 rings (SSSR count). The largest absolute Gasteiger partial charge is 0.336 e. The van der Waals surface area contributed by atoms with Crippen LogP contribution >= 0.6 is 0 Å². The molecule has 0 bridgehead atoms.